The van der Waals surface area contributed by atoms with Crippen molar-refractivity contribution in [2.24, 2.45) is 0 Å². The predicted molar refractivity (Wildman–Crippen MR) is 129 cm³/mol. The second-order valence-electron chi connectivity index (χ2n) is 11.0. The van der Waals surface area contributed by atoms with Crippen LogP contribution in [0.15, 0.2) is 6.20 Å². The zero-order valence-corrected chi connectivity index (χ0v) is 21.6. The zero-order chi connectivity index (χ0) is 26.4. The number of aromatic nitrogens is 2. The van der Waals surface area contributed by atoms with Crippen molar-refractivity contribution in [3.63, 3.8) is 0 Å². The smallest absolute Gasteiger partial charge is 0.251 e. The second-order valence-corrected chi connectivity index (χ2v) is 12.9. The van der Waals surface area contributed by atoms with Crippen LogP contribution in [0.1, 0.15) is 70.3 Å². The van der Waals surface area contributed by atoms with Crippen molar-refractivity contribution in [1.82, 2.24) is 14.3 Å². The number of fused-ring (bicyclic) bond motifs is 2. The fourth-order valence-corrected chi connectivity index (χ4v) is 8.48. The minimum atomic E-state index is -3.43. The van der Waals surface area contributed by atoms with E-state index in [0.717, 1.165) is 25.7 Å². The number of hydrogen-bond acceptors (Lipinski definition) is 9. The first-order valence-corrected chi connectivity index (χ1v) is 14.5. The van der Waals surface area contributed by atoms with Gasteiger partial charge in [-0.05, 0) is 51.9 Å². The molecule has 1 aromatic heterocycles. The molecule has 3 unspecified atom stereocenters. The van der Waals surface area contributed by atoms with Gasteiger partial charge in [-0.2, -0.15) is 14.6 Å². The molecule has 2 N–H and O–H groups in total. The molecular weight excluding hydrogens is 508 g/mol. The SMILES string of the molecule is C[C@]1(O)CC(F)(F)CC[C@H]1Oc1nc(NC2CC3CCC(C2)N3S(=O)(=O)CC2CCCO2)ncc1C#N. The minimum Gasteiger partial charge on any atom is -0.470 e. The van der Waals surface area contributed by atoms with Gasteiger partial charge >= 0.3 is 0 Å². The molecule has 13 heteroatoms. The number of rotatable bonds is 7. The Hall–Kier alpha value is -2.14. The Morgan fingerprint density at radius 2 is 2.03 bits per heavy atom. The number of sulfonamides is 1. The Balaban J connectivity index is 1.26. The highest BCUT2D eigenvalue weighted by Gasteiger charge is 2.50. The van der Waals surface area contributed by atoms with Gasteiger partial charge in [-0.3, -0.25) is 0 Å². The van der Waals surface area contributed by atoms with Gasteiger partial charge in [0, 0.05) is 37.6 Å². The third-order valence-corrected chi connectivity index (χ3v) is 9.98. The van der Waals surface area contributed by atoms with Crippen LogP contribution in [0.4, 0.5) is 14.7 Å². The molecule has 2 bridgehead atoms. The predicted octanol–water partition coefficient (Wildman–Crippen LogP) is 2.58. The normalized spacial score (nSPS) is 35.7. The molecule has 4 aliphatic rings. The lowest BCUT2D eigenvalue weighted by Crippen LogP contribution is -2.52. The van der Waals surface area contributed by atoms with E-state index in [1.54, 1.807) is 4.31 Å². The van der Waals surface area contributed by atoms with Crippen LogP contribution in [0, 0.1) is 11.3 Å². The average molecular weight is 542 g/mol. The van der Waals surface area contributed by atoms with Crippen molar-refractivity contribution in [2.75, 3.05) is 17.7 Å². The van der Waals surface area contributed by atoms with Gasteiger partial charge < -0.3 is 19.9 Å². The van der Waals surface area contributed by atoms with E-state index in [2.05, 4.69) is 15.3 Å². The van der Waals surface area contributed by atoms with E-state index < -0.39 is 40.5 Å². The highest BCUT2D eigenvalue weighted by atomic mass is 32.2. The molecule has 1 aromatic rings. The summed E-state index contributed by atoms with van der Waals surface area (Å²) in [4.78, 5) is 8.53. The Kier molecular flexibility index (Phi) is 7.06. The molecule has 5 atom stereocenters. The number of nitrogens with one attached hydrogen (secondary N) is 1. The number of nitrogens with zero attached hydrogens (tertiary/aromatic N) is 4. The summed E-state index contributed by atoms with van der Waals surface area (Å²) in [7, 11) is -3.43. The van der Waals surface area contributed by atoms with Crippen molar-refractivity contribution in [1.29, 1.82) is 5.26 Å². The molecule has 4 heterocycles. The van der Waals surface area contributed by atoms with Crippen molar-refractivity contribution in [3.8, 4) is 11.9 Å². The number of aliphatic hydroxyl groups is 1. The molecule has 1 aliphatic carbocycles. The summed E-state index contributed by atoms with van der Waals surface area (Å²) in [5, 5.41) is 23.3. The first-order valence-electron chi connectivity index (χ1n) is 12.9. The van der Waals surface area contributed by atoms with Crippen LogP contribution in [-0.4, -0.2) is 82.0 Å². The van der Waals surface area contributed by atoms with Crippen molar-refractivity contribution in [2.45, 2.75) is 107 Å². The lowest BCUT2D eigenvalue weighted by atomic mass is 9.81. The highest BCUT2D eigenvalue weighted by molar-refractivity contribution is 7.89. The average Bonchev–Trinajstić information content (AvgIpc) is 3.41. The van der Waals surface area contributed by atoms with Crippen LogP contribution in [-0.2, 0) is 14.8 Å². The molecule has 0 aromatic carbocycles. The maximum absolute atomic E-state index is 13.8. The summed E-state index contributed by atoms with van der Waals surface area (Å²) in [6, 6.07) is 1.63. The molecule has 0 amide bonds. The Morgan fingerprint density at radius 3 is 2.65 bits per heavy atom. The van der Waals surface area contributed by atoms with Gasteiger partial charge in [0.1, 0.15) is 23.3 Å². The fraction of sp³-hybridized carbons (Fsp3) is 0.792. The van der Waals surface area contributed by atoms with Crippen LogP contribution in [0.3, 0.4) is 0 Å². The number of anilines is 1. The number of hydrogen-bond donors (Lipinski definition) is 2. The van der Waals surface area contributed by atoms with Gasteiger partial charge in [0.25, 0.3) is 5.92 Å². The Labute approximate surface area is 215 Å². The van der Waals surface area contributed by atoms with E-state index in [4.69, 9.17) is 9.47 Å². The summed E-state index contributed by atoms with van der Waals surface area (Å²) in [5.41, 5.74) is -1.75. The van der Waals surface area contributed by atoms with Gasteiger partial charge in [-0.1, -0.05) is 0 Å². The Morgan fingerprint density at radius 1 is 1.30 bits per heavy atom. The van der Waals surface area contributed by atoms with Gasteiger partial charge in [-0.15, -0.1) is 0 Å². The lowest BCUT2D eigenvalue weighted by molar-refractivity contribution is -0.162. The molecule has 5 rings (SSSR count). The number of halogens is 2. The highest BCUT2D eigenvalue weighted by Crippen LogP contribution is 2.42. The first kappa shape index (κ1) is 26.5. The van der Waals surface area contributed by atoms with E-state index in [1.807, 2.05) is 6.07 Å². The van der Waals surface area contributed by atoms with Crippen LogP contribution < -0.4 is 10.1 Å². The summed E-state index contributed by atoms with van der Waals surface area (Å²) in [5.74, 6) is -2.83. The van der Waals surface area contributed by atoms with Gasteiger partial charge in [-0.25, -0.2) is 22.2 Å². The minimum absolute atomic E-state index is 0.0222. The van der Waals surface area contributed by atoms with Crippen molar-refractivity contribution >= 4 is 16.0 Å². The molecule has 3 saturated heterocycles. The quantitative estimate of drug-likeness (QED) is 0.533. The van der Waals surface area contributed by atoms with Crippen LogP contribution in [0.25, 0.3) is 0 Å². The molecule has 204 valence electrons. The molecule has 4 fully saturated rings. The summed E-state index contributed by atoms with van der Waals surface area (Å²) >= 11 is 0. The maximum Gasteiger partial charge on any atom is 0.251 e. The maximum atomic E-state index is 13.8. The zero-order valence-electron chi connectivity index (χ0n) is 20.8. The molecule has 3 aliphatic heterocycles. The second kappa shape index (κ2) is 9.87. The fourth-order valence-electron chi connectivity index (χ4n) is 6.29. The summed E-state index contributed by atoms with van der Waals surface area (Å²) in [6.07, 6.45) is 3.29. The molecule has 0 spiro atoms. The molecule has 1 saturated carbocycles. The van der Waals surface area contributed by atoms with Crippen molar-refractivity contribution in [3.05, 3.63) is 11.8 Å². The van der Waals surface area contributed by atoms with E-state index in [-0.39, 0.29) is 53.8 Å². The molecule has 10 nitrogen and oxygen atoms in total. The number of nitriles is 1. The molecule has 0 radical (unpaired) electrons. The molecular formula is C24H33F2N5O5S. The summed E-state index contributed by atoms with van der Waals surface area (Å²) in [6.45, 7) is 1.91. The van der Waals surface area contributed by atoms with Gasteiger partial charge in [0.2, 0.25) is 21.9 Å². The van der Waals surface area contributed by atoms with E-state index in [0.29, 0.717) is 19.4 Å². The standard InChI is InChI=1S/C24H33F2N5O5S/c1-23(32)14-24(25,26)7-6-20(23)36-21-15(11-27)12-28-22(30-21)29-16-9-17-4-5-18(10-16)31(17)37(33,34)13-19-3-2-8-35-19/h12,16-20,32H,2-10,13-14H2,1H3,(H,28,29,30)/t16?,17?,18?,19?,20-,23+/m1/s1. The monoisotopic (exact) mass is 541 g/mol. The number of alkyl halides is 2. The third-order valence-electron chi connectivity index (χ3n) is 7.95. The number of ether oxygens (including phenoxy) is 2. The van der Waals surface area contributed by atoms with Gasteiger partial charge in [0.05, 0.1) is 18.1 Å². The lowest BCUT2D eigenvalue weighted by Gasteiger charge is -2.40. The van der Waals surface area contributed by atoms with Crippen LogP contribution in [0.5, 0.6) is 5.88 Å². The van der Waals surface area contributed by atoms with E-state index >= 15 is 0 Å². The molecule has 37 heavy (non-hydrogen) atoms. The van der Waals surface area contributed by atoms with E-state index in [1.165, 1.54) is 13.1 Å². The van der Waals surface area contributed by atoms with Crippen LogP contribution in [0.2, 0.25) is 0 Å². The topological polar surface area (TPSA) is 138 Å². The first-order chi connectivity index (χ1) is 17.5. The Bertz CT molecular complexity index is 1140. The third kappa shape index (κ3) is 5.67. The summed E-state index contributed by atoms with van der Waals surface area (Å²) < 4.78 is 66.9. The number of piperidine rings is 1. The van der Waals surface area contributed by atoms with Crippen molar-refractivity contribution < 1.29 is 31.8 Å². The van der Waals surface area contributed by atoms with Gasteiger partial charge in [0.15, 0.2) is 0 Å². The van der Waals surface area contributed by atoms with Crippen LogP contribution >= 0.6 is 0 Å². The van der Waals surface area contributed by atoms with E-state index in [9.17, 15) is 27.6 Å². The largest absolute Gasteiger partial charge is 0.470 e.